The number of aliphatic hydroxyl groups is 1. The molecule has 3 nitrogen and oxygen atoms in total. The average molecular weight is 146 g/mol. The Morgan fingerprint density at radius 2 is 2.20 bits per heavy atom. The highest BCUT2D eigenvalue weighted by atomic mass is 16.5. The summed E-state index contributed by atoms with van der Waals surface area (Å²) in [4.78, 5) is 10.6. The lowest BCUT2D eigenvalue weighted by Crippen LogP contribution is -2.10. The van der Waals surface area contributed by atoms with Gasteiger partial charge in [-0.25, -0.2) is 0 Å². The van der Waals surface area contributed by atoms with Crippen molar-refractivity contribution in [3.63, 3.8) is 0 Å². The maximum absolute atomic E-state index is 10.6. The van der Waals surface area contributed by atoms with E-state index in [1.54, 1.807) is 0 Å². The molecule has 60 valence electrons. The van der Waals surface area contributed by atoms with Gasteiger partial charge in [0, 0.05) is 0 Å². The molecule has 0 aromatic rings. The van der Waals surface area contributed by atoms with Crippen LogP contribution in [0.2, 0.25) is 0 Å². The second kappa shape index (κ2) is 5.23. The van der Waals surface area contributed by atoms with Crippen LogP contribution in [0.25, 0.3) is 0 Å². The van der Waals surface area contributed by atoms with Crippen molar-refractivity contribution < 1.29 is 14.6 Å². The molecule has 10 heavy (non-hydrogen) atoms. The molecular formula is C7H14O3. The van der Waals surface area contributed by atoms with E-state index in [2.05, 4.69) is 0 Å². The van der Waals surface area contributed by atoms with E-state index >= 15 is 0 Å². The summed E-state index contributed by atoms with van der Waals surface area (Å²) in [6.45, 7) is 4.24. The van der Waals surface area contributed by atoms with Crippen LogP contribution in [0.15, 0.2) is 0 Å². The number of hydrogen-bond acceptors (Lipinski definition) is 3. The Balaban J connectivity index is 3.22. The van der Waals surface area contributed by atoms with Gasteiger partial charge in [0.15, 0.2) is 0 Å². The van der Waals surface area contributed by atoms with E-state index in [0.717, 1.165) is 0 Å². The molecule has 0 saturated carbocycles. The average Bonchev–Trinajstić information content (AvgIpc) is 1.85. The van der Waals surface area contributed by atoms with Gasteiger partial charge in [-0.3, -0.25) is 4.79 Å². The van der Waals surface area contributed by atoms with Crippen LogP contribution in [0.4, 0.5) is 0 Å². The Bertz CT molecular complexity index is 99.0. The summed E-state index contributed by atoms with van der Waals surface area (Å²) in [5, 5.41) is 8.30. The first-order chi connectivity index (χ1) is 4.66. The van der Waals surface area contributed by atoms with Gasteiger partial charge in [-0.2, -0.15) is 0 Å². The van der Waals surface area contributed by atoms with Crippen LogP contribution in [-0.4, -0.2) is 24.3 Å². The number of esters is 1. The topological polar surface area (TPSA) is 46.5 Å². The lowest BCUT2D eigenvalue weighted by Gasteiger charge is -2.05. The molecule has 0 aliphatic carbocycles. The SMILES string of the molecule is CC(C)COC(=O)CCO. The van der Waals surface area contributed by atoms with Crippen LogP contribution in [0, 0.1) is 5.92 Å². The number of carbonyl (C=O) groups excluding carboxylic acids is 1. The standard InChI is InChI=1S/C7H14O3/c1-6(2)5-10-7(9)3-4-8/h6,8H,3-5H2,1-2H3. The van der Waals surface area contributed by atoms with Crippen LogP contribution < -0.4 is 0 Å². The molecule has 0 aromatic heterocycles. The number of aliphatic hydroxyl groups excluding tert-OH is 1. The molecule has 0 radical (unpaired) electrons. The van der Waals surface area contributed by atoms with E-state index in [-0.39, 0.29) is 19.0 Å². The lowest BCUT2D eigenvalue weighted by molar-refractivity contribution is -0.145. The predicted octanol–water partition coefficient (Wildman–Crippen LogP) is 0.568. The van der Waals surface area contributed by atoms with Crippen molar-refractivity contribution in [1.29, 1.82) is 0 Å². The van der Waals surface area contributed by atoms with E-state index in [1.807, 2.05) is 13.8 Å². The van der Waals surface area contributed by atoms with Crippen molar-refractivity contribution in [3.8, 4) is 0 Å². The van der Waals surface area contributed by atoms with Crippen LogP contribution in [0.5, 0.6) is 0 Å². The molecule has 0 aliphatic rings. The minimum atomic E-state index is -0.323. The van der Waals surface area contributed by atoms with Gasteiger partial charge in [0.05, 0.1) is 19.6 Å². The molecule has 0 unspecified atom stereocenters. The van der Waals surface area contributed by atoms with E-state index in [0.29, 0.717) is 12.5 Å². The zero-order valence-corrected chi connectivity index (χ0v) is 6.46. The van der Waals surface area contributed by atoms with E-state index in [4.69, 9.17) is 9.84 Å². The first-order valence-electron chi connectivity index (χ1n) is 3.43. The normalized spacial score (nSPS) is 10.0. The minimum Gasteiger partial charge on any atom is -0.465 e. The Hall–Kier alpha value is -0.570. The quantitative estimate of drug-likeness (QED) is 0.590. The monoisotopic (exact) mass is 146 g/mol. The fraction of sp³-hybridized carbons (Fsp3) is 0.857. The molecule has 0 spiro atoms. The summed E-state index contributed by atoms with van der Waals surface area (Å²) >= 11 is 0. The fourth-order valence-corrected chi connectivity index (χ4v) is 0.423. The van der Waals surface area contributed by atoms with Gasteiger partial charge in [0.2, 0.25) is 0 Å². The van der Waals surface area contributed by atoms with Crippen LogP contribution in [0.3, 0.4) is 0 Å². The minimum absolute atomic E-state index is 0.104. The van der Waals surface area contributed by atoms with Crippen molar-refractivity contribution in [2.24, 2.45) is 5.92 Å². The van der Waals surface area contributed by atoms with Crippen molar-refractivity contribution in [2.45, 2.75) is 20.3 Å². The van der Waals surface area contributed by atoms with Gasteiger partial charge in [-0.1, -0.05) is 13.8 Å². The number of hydrogen-bond donors (Lipinski definition) is 1. The van der Waals surface area contributed by atoms with E-state index < -0.39 is 0 Å². The number of rotatable bonds is 4. The molecule has 0 atom stereocenters. The summed E-state index contributed by atoms with van der Waals surface area (Å²) in [6.07, 6.45) is 0.104. The van der Waals surface area contributed by atoms with E-state index in [1.165, 1.54) is 0 Å². The second-order valence-electron chi connectivity index (χ2n) is 2.55. The molecule has 0 saturated heterocycles. The third-order valence-electron chi connectivity index (χ3n) is 0.894. The van der Waals surface area contributed by atoms with Gasteiger partial charge in [-0.05, 0) is 5.92 Å². The zero-order valence-electron chi connectivity index (χ0n) is 6.46. The van der Waals surface area contributed by atoms with Crippen molar-refractivity contribution in [1.82, 2.24) is 0 Å². The highest BCUT2D eigenvalue weighted by Crippen LogP contribution is 1.94. The molecule has 1 N–H and O–H groups in total. The van der Waals surface area contributed by atoms with Gasteiger partial charge in [0.25, 0.3) is 0 Å². The molecule has 0 aliphatic heterocycles. The Morgan fingerprint density at radius 1 is 1.60 bits per heavy atom. The Labute approximate surface area is 61.0 Å². The largest absolute Gasteiger partial charge is 0.465 e. The van der Waals surface area contributed by atoms with Gasteiger partial charge in [0.1, 0.15) is 0 Å². The Kier molecular flexibility index (Phi) is 4.94. The first-order valence-corrected chi connectivity index (χ1v) is 3.43. The highest BCUT2D eigenvalue weighted by Gasteiger charge is 2.01. The first kappa shape index (κ1) is 9.43. The molecular weight excluding hydrogens is 132 g/mol. The number of ether oxygens (including phenoxy) is 1. The predicted molar refractivity (Wildman–Crippen MR) is 37.5 cm³/mol. The summed E-state index contributed by atoms with van der Waals surface area (Å²) < 4.78 is 4.74. The summed E-state index contributed by atoms with van der Waals surface area (Å²) in [6, 6.07) is 0. The van der Waals surface area contributed by atoms with Crippen LogP contribution in [-0.2, 0) is 9.53 Å². The third kappa shape index (κ3) is 5.56. The molecule has 0 fully saturated rings. The molecule has 0 bridgehead atoms. The lowest BCUT2D eigenvalue weighted by atomic mass is 10.2. The molecule has 0 aromatic carbocycles. The highest BCUT2D eigenvalue weighted by molar-refractivity contribution is 5.69. The van der Waals surface area contributed by atoms with Crippen LogP contribution in [0.1, 0.15) is 20.3 Å². The molecule has 0 heterocycles. The number of carbonyl (C=O) groups is 1. The maximum Gasteiger partial charge on any atom is 0.308 e. The van der Waals surface area contributed by atoms with Gasteiger partial charge in [-0.15, -0.1) is 0 Å². The van der Waals surface area contributed by atoms with Crippen molar-refractivity contribution in [3.05, 3.63) is 0 Å². The smallest absolute Gasteiger partial charge is 0.308 e. The molecule has 0 rings (SSSR count). The third-order valence-corrected chi connectivity index (χ3v) is 0.894. The summed E-state index contributed by atoms with van der Waals surface area (Å²) in [5.74, 6) is 0.0406. The maximum atomic E-state index is 10.6. The zero-order chi connectivity index (χ0) is 7.98. The molecule has 3 heteroatoms. The fourth-order valence-electron chi connectivity index (χ4n) is 0.423. The molecule has 0 amide bonds. The van der Waals surface area contributed by atoms with Crippen molar-refractivity contribution in [2.75, 3.05) is 13.2 Å². The summed E-state index contributed by atoms with van der Waals surface area (Å²) in [5.41, 5.74) is 0. The van der Waals surface area contributed by atoms with E-state index in [9.17, 15) is 4.79 Å². The van der Waals surface area contributed by atoms with Crippen molar-refractivity contribution >= 4 is 5.97 Å². The van der Waals surface area contributed by atoms with Crippen LogP contribution >= 0.6 is 0 Å². The summed E-state index contributed by atoms with van der Waals surface area (Å²) in [7, 11) is 0. The van der Waals surface area contributed by atoms with Gasteiger partial charge >= 0.3 is 5.97 Å². The van der Waals surface area contributed by atoms with Gasteiger partial charge < -0.3 is 9.84 Å². The second-order valence-corrected chi connectivity index (χ2v) is 2.55. The Morgan fingerprint density at radius 3 is 2.60 bits per heavy atom.